The fraction of sp³-hybridized carbons (Fsp3) is 0.409. The normalized spacial score (nSPS) is 24.5. The molecule has 0 radical (unpaired) electrons. The number of hydrogen-bond acceptors (Lipinski definition) is 1. The van der Waals surface area contributed by atoms with Crippen molar-refractivity contribution in [2.75, 3.05) is 5.32 Å². The number of amides is 1. The molecule has 0 unspecified atom stereocenters. The first-order chi connectivity index (χ1) is 12.2. The number of benzene rings is 2. The van der Waals surface area contributed by atoms with E-state index in [0.29, 0.717) is 16.0 Å². The molecule has 0 heterocycles. The van der Waals surface area contributed by atoms with Crippen LogP contribution in [0.5, 0.6) is 0 Å². The van der Waals surface area contributed by atoms with E-state index in [4.69, 9.17) is 23.2 Å². The minimum absolute atomic E-state index is 0.0572. The van der Waals surface area contributed by atoms with Crippen LogP contribution in [0.4, 0.5) is 5.69 Å². The highest BCUT2D eigenvalue weighted by Crippen LogP contribution is 2.55. The molecule has 26 heavy (non-hydrogen) atoms. The second-order valence-electron chi connectivity index (χ2n) is 8.03. The molecule has 2 aromatic rings. The first-order valence-electron chi connectivity index (χ1n) is 9.02. The van der Waals surface area contributed by atoms with Gasteiger partial charge in [0.15, 0.2) is 0 Å². The Morgan fingerprint density at radius 2 is 1.73 bits per heavy atom. The van der Waals surface area contributed by atoms with E-state index in [1.54, 1.807) is 0 Å². The number of carbonyl (C=O) groups is 1. The molecule has 2 aromatic carbocycles. The van der Waals surface area contributed by atoms with E-state index in [1.165, 1.54) is 5.56 Å². The van der Waals surface area contributed by atoms with E-state index in [2.05, 4.69) is 26.1 Å². The van der Waals surface area contributed by atoms with E-state index in [1.807, 2.05) is 49.4 Å². The number of aryl methyl sites for hydroxylation is 1. The van der Waals surface area contributed by atoms with E-state index in [9.17, 15) is 4.79 Å². The molecule has 1 saturated carbocycles. The number of rotatable bonds is 3. The third-order valence-electron chi connectivity index (χ3n) is 6.17. The van der Waals surface area contributed by atoms with Crippen molar-refractivity contribution in [3.63, 3.8) is 0 Å². The molecule has 3 rings (SSSR count). The predicted octanol–water partition coefficient (Wildman–Crippen LogP) is 6.71. The summed E-state index contributed by atoms with van der Waals surface area (Å²) in [7, 11) is 0. The topological polar surface area (TPSA) is 29.1 Å². The van der Waals surface area contributed by atoms with Gasteiger partial charge in [0.25, 0.3) is 0 Å². The Kier molecular flexibility index (Phi) is 5.37. The van der Waals surface area contributed by atoms with Crippen molar-refractivity contribution in [2.45, 2.75) is 40.0 Å². The number of carbonyl (C=O) groups excluding carboxylic acids is 1. The van der Waals surface area contributed by atoms with Gasteiger partial charge in [-0.2, -0.15) is 0 Å². The van der Waals surface area contributed by atoms with Crippen molar-refractivity contribution in [3.05, 3.63) is 63.6 Å². The summed E-state index contributed by atoms with van der Waals surface area (Å²) in [6, 6.07) is 13.8. The van der Waals surface area contributed by atoms with Crippen LogP contribution >= 0.6 is 23.2 Å². The smallest absolute Gasteiger partial charge is 0.228 e. The van der Waals surface area contributed by atoms with Gasteiger partial charge in [-0.1, -0.05) is 67.7 Å². The first kappa shape index (κ1) is 19.3. The van der Waals surface area contributed by atoms with Crippen LogP contribution in [0.2, 0.25) is 10.0 Å². The molecule has 1 aliphatic carbocycles. The highest BCUT2D eigenvalue weighted by atomic mass is 35.5. The van der Waals surface area contributed by atoms with Crippen LogP contribution < -0.4 is 5.32 Å². The molecule has 1 aliphatic rings. The molecule has 0 bridgehead atoms. The van der Waals surface area contributed by atoms with E-state index < -0.39 is 0 Å². The predicted molar refractivity (Wildman–Crippen MR) is 110 cm³/mol. The van der Waals surface area contributed by atoms with Crippen LogP contribution in [-0.4, -0.2) is 5.91 Å². The van der Waals surface area contributed by atoms with Crippen LogP contribution in [0.1, 0.15) is 44.2 Å². The number of halogens is 2. The highest BCUT2D eigenvalue weighted by molar-refractivity contribution is 6.42. The third-order valence-corrected chi connectivity index (χ3v) is 6.91. The van der Waals surface area contributed by atoms with Crippen molar-refractivity contribution in [1.29, 1.82) is 0 Å². The first-order valence-corrected chi connectivity index (χ1v) is 9.78. The Bertz CT molecular complexity index is 813. The van der Waals surface area contributed by atoms with Gasteiger partial charge < -0.3 is 5.32 Å². The maximum absolute atomic E-state index is 13.0. The number of anilines is 1. The molecule has 1 amide bonds. The monoisotopic (exact) mass is 389 g/mol. The molecule has 2 nitrogen and oxygen atoms in total. The average Bonchev–Trinajstić information content (AvgIpc) is 2.83. The fourth-order valence-electron chi connectivity index (χ4n) is 4.08. The minimum Gasteiger partial charge on any atom is -0.326 e. The molecule has 1 fully saturated rings. The van der Waals surface area contributed by atoms with E-state index in [0.717, 1.165) is 17.7 Å². The lowest BCUT2D eigenvalue weighted by molar-refractivity contribution is -0.122. The maximum Gasteiger partial charge on any atom is 0.228 e. The number of nitrogens with one attached hydrogen (secondary N) is 1. The van der Waals surface area contributed by atoms with Crippen LogP contribution in [0.25, 0.3) is 0 Å². The molecular weight excluding hydrogens is 365 g/mol. The van der Waals surface area contributed by atoms with Crippen molar-refractivity contribution in [2.24, 2.45) is 17.3 Å². The average molecular weight is 390 g/mol. The van der Waals surface area contributed by atoms with Crippen molar-refractivity contribution in [1.82, 2.24) is 0 Å². The highest BCUT2D eigenvalue weighted by Gasteiger charge is 2.50. The van der Waals surface area contributed by atoms with Gasteiger partial charge >= 0.3 is 0 Å². The van der Waals surface area contributed by atoms with Gasteiger partial charge in [-0.15, -0.1) is 0 Å². The molecular formula is C22H25Cl2NO. The van der Waals surface area contributed by atoms with Crippen LogP contribution in [0, 0.1) is 24.2 Å². The largest absolute Gasteiger partial charge is 0.326 e. The van der Waals surface area contributed by atoms with Gasteiger partial charge in [-0.05, 0) is 60.4 Å². The van der Waals surface area contributed by atoms with E-state index in [-0.39, 0.29) is 23.2 Å². The molecule has 0 aliphatic heterocycles. The Morgan fingerprint density at radius 3 is 2.35 bits per heavy atom. The summed E-state index contributed by atoms with van der Waals surface area (Å²) in [5.41, 5.74) is 3.08. The summed E-state index contributed by atoms with van der Waals surface area (Å²) in [4.78, 5) is 13.0. The molecule has 138 valence electrons. The zero-order chi connectivity index (χ0) is 19.1. The Balaban J connectivity index is 1.82. The lowest BCUT2D eigenvalue weighted by Crippen LogP contribution is -2.33. The summed E-state index contributed by atoms with van der Waals surface area (Å²) in [6.45, 7) is 8.64. The number of hydrogen-bond donors (Lipinski definition) is 1. The van der Waals surface area contributed by atoms with Crippen molar-refractivity contribution >= 4 is 34.8 Å². The van der Waals surface area contributed by atoms with Crippen LogP contribution in [-0.2, 0) is 4.79 Å². The molecule has 0 aromatic heterocycles. The minimum atomic E-state index is -0.106. The Hall–Kier alpha value is -1.51. The van der Waals surface area contributed by atoms with Gasteiger partial charge in [0.05, 0.1) is 10.0 Å². The van der Waals surface area contributed by atoms with E-state index >= 15 is 0 Å². The van der Waals surface area contributed by atoms with Crippen LogP contribution in [0.3, 0.4) is 0 Å². The summed E-state index contributed by atoms with van der Waals surface area (Å²) in [5, 5.41) is 4.23. The molecule has 0 spiro atoms. The Morgan fingerprint density at radius 1 is 1.08 bits per heavy atom. The summed E-state index contributed by atoms with van der Waals surface area (Å²) in [6.07, 6.45) is 0.809. The zero-order valence-electron chi connectivity index (χ0n) is 15.6. The van der Waals surface area contributed by atoms with Crippen molar-refractivity contribution < 1.29 is 4.79 Å². The van der Waals surface area contributed by atoms with Crippen LogP contribution in [0.15, 0.2) is 42.5 Å². The van der Waals surface area contributed by atoms with Crippen molar-refractivity contribution in [3.8, 4) is 0 Å². The third kappa shape index (κ3) is 3.63. The van der Waals surface area contributed by atoms with Gasteiger partial charge in [0, 0.05) is 11.6 Å². The standard InChI is InChI=1S/C22H25Cl2NO/c1-13-5-8-16(9-6-13)25-21(26)18-12-17(14(2)22(18,3)4)15-7-10-19(23)20(24)11-15/h5-11,14,17-18H,12H2,1-4H3,(H,25,26)/t14-,17+,18+/m0/s1. The lowest BCUT2D eigenvalue weighted by Gasteiger charge is -2.31. The second-order valence-corrected chi connectivity index (χ2v) is 8.85. The summed E-state index contributed by atoms with van der Waals surface area (Å²) >= 11 is 12.3. The molecule has 0 saturated heterocycles. The molecule has 1 N–H and O–H groups in total. The zero-order valence-corrected chi connectivity index (χ0v) is 17.2. The Labute approximate surface area is 165 Å². The van der Waals surface area contributed by atoms with Gasteiger partial charge in [0.2, 0.25) is 5.91 Å². The molecule has 3 atom stereocenters. The second kappa shape index (κ2) is 7.25. The fourth-order valence-corrected chi connectivity index (χ4v) is 4.38. The summed E-state index contributed by atoms with van der Waals surface area (Å²) < 4.78 is 0. The SMILES string of the molecule is Cc1ccc(NC(=O)[C@H]2C[C@@H](c3ccc(Cl)c(Cl)c3)[C@H](C)C2(C)C)cc1. The van der Waals surface area contributed by atoms with Gasteiger partial charge in [0.1, 0.15) is 0 Å². The summed E-state index contributed by atoms with van der Waals surface area (Å²) in [5.74, 6) is 0.675. The van der Waals surface area contributed by atoms with Gasteiger partial charge in [-0.25, -0.2) is 0 Å². The van der Waals surface area contributed by atoms with Gasteiger partial charge in [-0.3, -0.25) is 4.79 Å². The molecule has 4 heteroatoms. The lowest BCUT2D eigenvalue weighted by atomic mass is 9.74. The quantitative estimate of drug-likeness (QED) is 0.620. The maximum atomic E-state index is 13.0.